The fourth-order valence-electron chi connectivity index (χ4n) is 1.99. The van der Waals surface area contributed by atoms with E-state index in [1.807, 2.05) is 31.2 Å². The zero-order valence-electron chi connectivity index (χ0n) is 13.5. The standard InChI is InChI=1S/C17H20N2O3S/c1-12-6-4-5-7-14(12)22-11-10-19(3)17(21)15-8-9-16(23-15)18-13(2)20/h4-9H,10-11H2,1-3H3,(H,18,20). The van der Waals surface area contributed by atoms with Crippen molar-refractivity contribution in [3.63, 3.8) is 0 Å². The minimum atomic E-state index is -0.147. The van der Waals surface area contributed by atoms with Gasteiger partial charge < -0.3 is 15.0 Å². The molecule has 122 valence electrons. The quantitative estimate of drug-likeness (QED) is 0.884. The normalized spacial score (nSPS) is 10.2. The Morgan fingerprint density at radius 2 is 1.96 bits per heavy atom. The maximum absolute atomic E-state index is 12.3. The molecule has 0 unspecified atom stereocenters. The molecule has 23 heavy (non-hydrogen) atoms. The van der Waals surface area contributed by atoms with Crippen LogP contribution in [0.3, 0.4) is 0 Å². The lowest BCUT2D eigenvalue weighted by Gasteiger charge is -2.17. The zero-order chi connectivity index (χ0) is 16.8. The Morgan fingerprint density at radius 1 is 1.22 bits per heavy atom. The molecule has 0 aliphatic heterocycles. The number of amides is 2. The van der Waals surface area contributed by atoms with E-state index < -0.39 is 0 Å². The molecule has 0 aliphatic rings. The van der Waals surface area contributed by atoms with Gasteiger partial charge in [0.05, 0.1) is 16.4 Å². The van der Waals surface area contributed by atoms with E-state index in [1.165, 1.54) is 18.3 Å². The number of nitrogens with zero attached hydrogens (tertiary/aromatic N) is 1. The fraction of sp³-hybridized carbons (Fsp3) is 0.294. The number of carbonyl (C=O) groups is 2. The minimum absolute atomic E-state index is 0.0833. The fourth-order valence-corrected chi connectivity index (χ4v) is 2.94. The van der Waals surface area contributed by atoms with Gasteiger partial charge in [-0.15, -0.1) is 11.3 Å². The Labute approximate surface area is 139 Å². The molecular formula is C17H20N2O3S. The third-order valence-electron chi connectivity index (χ3n) is 3.24. The van der Waals surface area contributed by atoms with Crippen LogP contribution in [0.1, 0.15) is 22.2 Å². The lowest BCUT2D eigenvalue weighted by molar-refractivity contribution is -0.114. The van der Waals surface area contributed by atoms with E-state index in [4.69, 9.17) is 4.74 Å². The second kappa shape index (κ2) is 7.78. The van der Waals surface area contributed by atoms with Crippen molar-refractivity contribution in [2.24, 2.45) is 0 Å². The van der Waals surface area contributed by atoms with Crippen molar-refractivity contribution in [3.8, 4) is 5.75 Å². The van der Waals surface area contributed by atoms with Crippen molar-refractivity contribution >= 4 is 28.2 Å². The Balaban J connectivity index is 1.86. The monoisotopic (exact) mass is 332 g/mol. The van der Waals surface area contributed by atoms with Gasteiger partial charge in [0.2, 0.25) is 5.91 Å². The molecule has 1 N–H and O–H groups in total. The van der Waals surface area contributed by atoms with E-state index >= 15 is 0 Å². The van der Waals surface area contributed by atoms with Gasteiger partial charge in [-0.05, 0) is 30.7 Å². The molecule has 2 aromatic rings. The SMILES string of the molecule is CC(=O)Nc1ccc(C(=O)N(C)CCOc2ccccc2C)s1. The molecule has 0 radical (unpaired) electrons. The van der Waals surface area contributed by atoms with Crippen LogP contribution in [-0.4, -0.2) is 36.9 Å². The van der Waals surface area contributed by atoms with Crippen molar-refractivity contribution < 1.29 is 14.3 Å². The molecule has 0 bridgehead atoms. The van der Waals surface area contributed by atoms with Gasteiger partial charge in [0.25, 0.3) is 5.91 Å². The van der Waals surface area contributed by atoms with Gasteiger partial charge in [0.15, 0.2) is 0 Å². The average molecular weight is 332 g/mol. The van der Waals surface area contributed by atoms with E-state index in [0.717, 1.165) is 11.3 Å². The molecule has 1 heterocycles. The van der Waals surface area contributed by atoms with E-state index in [1.54, 1.807) is 24.1 Å². The molecule has 0 spiro atoms. The van der Waals surface area contributed by atoms with E-state index in [9.17, 15) is 9.59 Å². The molecule has 2 amide bonds. The molecule has 0 saturated heterocycles. The number of nitrogens with one attached hydrogen (secondary N) is 1. The summed E-state index contributed by atoms with van der Waals surface area (Å²) in [5, 5.41) is 3.35. The first kappa shape index (κ1) is 17.0. The van der Waals surface area contributed by atoms with Crippen LogP contribution in [0.15, 0.2) is 36.4 Å². The van der Waals surface area contributed by atoms with Gasteiger partial charge in [0, 0.05) is 14.0 Å². The van der Waals surface area contributed by atoms with E-state index in [0.29, 0.717) is 23.0 Å². The number of hydrogen-bond acceptors (Lipinski definition) is 4. The van der Waals surface area contributed by atoms with Crippen LogP contribution in [-0.2, 0) is 4.79 Å². The summed E-state index contributed by atoms with van der Waals surface area (Å²) in [5.74, 6) is 0.600. The predicted octanol–water partition coefficient (Wildman–Crippen LogP) is 3.17. The van der Waals surface area contributed by atoms with Crippen LogP contribution in [0.4, 0.5) is 5.00 Å². The van der Waals surface area contributed by atoms with Gasteiger partial charge in [-0.3, -0.25) is 9.59 Å². The number of benzene rings is 1. The molecule has 6 heteroatoms. The van der Waals surface area contributed by atoms with Crippen molar-refractivity contribution in [2.75, 3.05) is 25.5 Å². The number of hydrogen-bond donors (Lipinski definition) is 1. The number of aryl methyl sites for hydroxylation is 1. The molecule has 1 aromatic carbocycles. The highest BCUT2D eigenvalue weighted by Crippen LogP contribution is 2.23. The molecule has 5 nitrogen and oxygen atoms in total. The first-order valence-electron chi connectivity index (χ1n) is 7.28. The summed E-state index contributed by atoms with van der Waals surface area (Å²) in [4.78, 5) is 25.5. The number of likely N-dealkylation sites (N-methyl/N-ethyl adjacent to an activating group) is 1. The lowest BCUT2D eigenvalue weighted by atomic mass is 10.2. The number of thiophene rings is 1. The van der Waals surface area contributed by atoms with Crippen LogP contribution in [0, 0.1) is 6.92 Å². The number of ether oxygens (including phenoxy) is 1. The van der Waals surface area contributed by atoms with Gasteiger partial charge in [-0.25, -0.2) is 0 Å². The predicted molar refractivity (Wildman–Crippen MR) is 92.3 cm³/mol. The Bertz CT molecular complexity index is 697. The largest absolute Gasteiger partial charge is 0.491 e. The third-order valence-corrected chi connectivity index (χ3v) is 4.23. The molecule has 0 atom stereocenters. The molecule has 2 rings (SSSR count). The smallest absolute Gasteiger partial charge is 0.263 e. The van der Waals surface area contributed by atoms with Crippen LogP contribution in [0.25, 0.3) is 0 Å². The summed E-state index contributed by atoms with van der Waals surface area (Å²) >= 11 is 1.27. The Kier molecular flexibility index (Phi) is 5.76. The minimum Gasteiger partial charge on any atom is -0.491 e. The Morgan fingerprint density at radius 3 is 2.65 bits per heavy atom. The Hall–Kier alpha value is -2.34. The number of rotatable bonds is 6. The maximum Gasteiger partial charge on any atom is 0.263 e. The van der Waals surface area contributed by atoms with Crippen LogP contribution in [0.2, 0.25) is 0 Å². The summed E-state index contributed by atoms with van der Waals surface area (Å²) < 4.78 is 5.70. The topological polar surface area (TPSA) is 58.6 Å². The van der Waals surface area contributed by atoms with Gasteiger partial charge >= 0.3 is 0 Å². The first-order valence-corrected chi connectivity index (χ1v) is 8.10. The van der Waals surface area contributed by atoms with Crippen molar-refractivity contribution in [3.05, 3.63) is 46.8 Å². The maximum atomic E-state index is 12.3. The molecule has 0 aliphatic carbocycles. The highest BCUT2D eigenvalue weighted by Gasteiger charge is 2.14. The van der Waals surface area contributed by atoms with Crippen LogP contribution >= 0.6 is 11.3 Å². The van der Waals surface area contributed by atoms with Crippen molar-refractivity contribution in [2.45, 2.75) is 13.8 Å². The number of carbonyl (C=O) groups excluding carboxylic acids is 2. The second-order valence-corrected chi connectivity index (χ2v) is 6.27. The van der Waals surface area contributed by atoms with Crippen LogP contribution < -0.4 is 10.1 Å². The van der Waals surface area contributed by atoms with E-state index in [2.05, 4.69) is 5.32 Å². The lowest BCUT2D eigenvalue weighted by Crippen LogP contribution is -2.30. The molecule has 0 saturated carbocycles. The number of para-hydroxylation sites is 1. The van der Waals surface area contributed by atoms with Crippen LogP contribution in [0.5, 0.6) is 5.75 Å². The first-order chi connectivity index (χ1) is 11.0. The summed E-state index contributed by atoms with van der Waals surface area (Å²) in [5.41, 5.74) is 1.07. The van der Waals surface area contributed by atoms with Crippen molar-refractivity contribution in [1.82, 2.24) is 4.90 Å². The molecule has 0 fully saturated rings. The third kappa shape index (κ3) is 4.82. The summed E-state index contributed by atoms with van der Waals surface area (Å²) in [6.45, 7) is 4.34. The summed E-state index contributed by atoms with van der Waals surface area (Å²) in [6, 6.07) is 11.2. The molecular weight excluding hydrogens is 312 g/mol. The van der Waals surface area contributed by atoms with Crippen molar-refractivity contribution in [1.29, 1.82) is 0 Å². The van der Waals surface area contributed by atoms with Gasteiger partial charge in [-0.2, -0.15) is 0 Å². The molecule has 1 aromatic heterocycles. The van der Waals surface area contributed by atoms with Gasteiger partial charge in [-0.1, -0.05) is 18.2 Å². The number of anilines is 1. The van der Waals surface area contributed by atoms with Gasteiger partial charge in [0.1, 0.15) is 12.4 Å². The highest BCUT2D eigenvalue weighted by atomic mass is 32.1. The highest BCUT2D eigenvalue weighted by molar-refractivity contribution is 7.18. The summed E-state index contributed by atoms with van der Waals surface area (Å²) in [7, 11) is 1.74. The zero-order valence-corrected chi connectivity index (χ0v) is 14.3. The summed E-state index contributed by atoms with van der Waals surface area (Å²) in [6.07, 6.45) is 0. The average Bonchev–Trinajstić information content (AvgIpc) is 2.96. The second-order valence-electron chi connectivity index (χ2n) is 5.19. The van der Waals surface area contributed by atoms with E-state index in [-0.39, 0.29) is 11.8 Å².